The molecule has 2 aliphatic rings. The molecule has 0 bridgehead atoms. The molecule has 0 spiro atoms. The number of hydrogen-bond acceptors (Lipinski definition) is 2. The van der Waals surface area contributed by atoms with Gasteiger partial charge in [-0.25, -0.2) is 0 Å². The number of epoxide rings is 1. The maximum Gasteiger partial charge on any atom is 0.104 e. The van der Waals surface area contributed by atoms with Gasteiger partial charge in [0, 0.05) is 8.80 Å². The highest BCUT2D eigenvalue weighted by atomic mass is 28.3. The lowest BCUT2D eigenvalue weighted by Crippen LogP contribution is -2.23. The summed E-state index contributed by atoms with van der Waals surface area (Å²) < 4.78 is 10.8. The fraction of sp³-hybridized carbons (Fsp3) is 1.00. The monoisotopic (exact) mass is 200 g/mol. The quantitative estimate of drug-likeness (QED) is 0.482. The lowest BCUT2D eigenvalue weighted by Gasteiger charge is -2.24. The van der Waals surface area contributed by atoms with Crippen molar-refractivity contribution in [3.05, 3.63) is 0 Å². The van der Waals surface area contributed by atoms with E-state index in [-0.39, 0.29) is 8.80 Å². The standard InChI is InChI=1S/C10H20O2Si/c1-9(11-7-10-8-12-10)3-6-13-4-2-5-13/h9-10,13H,2-8H2,1H3. The van der Waals surface area contributed by atoms with E-state index in [2.05, 4.69) is 6.92 Å². The molecule has 0 radical (unpaired) electrons. The zero-order chi connectivity index (χ0) is 9.10. The Bertz CT molecular complexity index is 155. The maximum atomic E-state index is 5.68. The highest BCUT2D eigenvalue weighted by Gasteiger charge is 2.24. The van der Waals surface area contributed by atoms with E-state index in [1.807, 2.05) is 0 Å². The molecule has 0 aromatic heterocycles. The first-order valence-corrected chi connectivity index (χ1v) is 8.03. The fourth-order valence-corrected chi connectivity index (χ4v) is 4.27. The van der Waals surface area contributed by atoms with Crippen LogP contribution in [0.15, 0.2) is 0 Å². The van der Waals surface area contributed by atoms with E-state index in [0.717, 1.165) is 13.2 Å². The molecule has 76 valence electrons. The second-order valence-corrected chi connectivity index (χ2v) is 7.94. The molecule has 0 N–H and O–H groups in total. The van der Waals surface area contributed by atoms with Crippen LogP contribution in [0.2, 0.25) is 18.1 Å². The molecule has 2 fully saturated rings. The second kappa shape index (κ2) is 4.58. The fourth-order valence-electron chi connectivity index (χ4n) is 1.77. The summed E-state index contributed by atoms with van der Waals surface area (Å²) in [5, 5.41) is 0. The van der Waals surface area contributed by atoms with Crippen molar-refractivity contribution in [2.24, 2.45) is 0 Å². The predicted octanol–water partition coefficient (Wildman–Crippen LogP) is 1.81. The minimum Gasteiger partial charge on any atom is -0.376 e. The molecule has 2 nitrogen and oxygen atoms in total. The molecule has 0 saturated carbocycles. The highest BCUT2D eigenvalue weighted by Crippen LogP contribution is 2.25. The third-order valence-corrected chi connectivity index (χ3v) is 6.77. The minimum absolute atomic E-state index is 0.202. The molecule has 3 heteroatoms. The van der Waals surface area contributed by atoms with Crippen LogP contribution >= 0.6 is 0 Å². The zero-order valence-corrected chi connectivity index (χ0v) is 9.65. The lowest BCUT2D eigenvalue weighted by atomic mass is 10.3. The van der Waals surface area contributed by atoms with Crippen LogP contribution in [0.5, 0.6) is 0 Å². The molecule has 2 aliphatic heterocycles. The number of rotatable bonds is 6. The Kier molecular flexibility index (Phi) is 3.41. The number of ether oxygens (including phenoxy) is 2. The van der Waals surface area contributed by atoms with Crippen LogP contribution in [0, 0.1) is 0 Å². The molecule has 0 amide bonds. The van der Waals surface area contributed by atoms with E-state index in [1.54, 1.807) is 12.1 Å². The summed E-state index contributed by atoms with van der Waals surface area (Å²) in [5.41, 5.74) is 0. The Morgan fingerprint density at radius 3 is 2.85 bits per heavy atom. The van der Waals surface area contributed by atoms with E-state index >= 15 is 0 Å². The van der Waals surface area contributed by atoms with Crippen LogP contribution in [0.3, 0.4) is 0 Å². The number of hydrogen-bond donors (Lipinski definition) is 0. The van der Waals surface area contributed by atoms with Crippen LogP contribution in [-0.2, 0) is 9.47 Å². The van der Waals surface area contributed by atoms with Gasteiger partial charge in [0.25, 0.3) is 0 Å². The SMILES string of the molecule is CC(CC[SiH]1CCC1)OCC1CO1. The van der Waals surface area contributed by atoms with E-state index in [9.17, 15) is 0 Å². The van der Waals surface area contributed by atoms with Crippen molar-refractivity contribution < 1.29 is 9.47 Å². The Balaban J connectivity index is 1.47. The van der Waals surface area contributed by atoms with Gasteiger partial charge in [-0.05, 0) is 13.3 Å². The third-order valence-electron chi connectivity index (χ3n) is 3.18. The summed E-state index contributed by atoms with van der Waals surface area (Å²) in [4.78, 5) is 0. The van der Waals surface area contributed by atoms with E-state index in [1.165, 1.54) is 18.9 Å². The smallest absolute Gasteiger partial charge is 0.104 e. The largest absolute Gasteiger partial charge is 0.376 e. The van der Waals surface area contributed by atoms with Crippen LogP contribution in [-0.4, -0.2) is 34.2 Å². The molecular formula is C10H20O2Si. The molecule has 2 rings (SSSR count). The van der Waals surface area contributed by atoms with Gasteiger partial charge in [-0.3, -0.25) is 0 Å². The predicted molar refractivity (Wildman–Crippen MR) is 56.0 cm³/mol. The van der Waals surface area contributed by atoms with Crippen LogP contribution in [0.1, 0.15) is 19.8 Å². The molecule has 2 saturated heterocycles. The highest BCUT2D eigenvalue weighted by molar-refractivity contribution is 6.61. The average Bonchev–Trinajstić information content (AvgIpc) is 2.80. The van der Waals surface area contributed by atoms with Crippen molar-refractivity contribution in [1.29, 1.82) is 0 Å². The van der Waals surface area contributed by atoms with Gasteiger partial charge < -0.3 is 9.47 Å². The lowest BCUT2D eigenvalue weighted by molar-refractivity contribution is 0.0521. The molecule has 13 heavy (non-hydrogen) atoms. The molecule has 0 aromatic rings. The average molecular weight is 200 g/mol. The summed E-state index contributed by atoms with van der Waals surface area (Å²) in [6, 6.07) is 4.70. The van der Waals surface area contributed by atoms with E-state index < -0.39 is 0 Å². The summed E-state index contributed by atoms with van der Waals surface area (Å²) in [6.07, 6.45) is 3.71. The van der Waals surface area contributed by atoms with Crippen molar-refractivity contribution >= 4 is 8.80 Å². The van der Waals surface area contributed by atoms with E-state index in [4.69, 9.17) is 9.47 Å². The van der Waals surface area contributed by atoms with Crippen LogP contribution in [0.25, 0.3) is 0 Å². The molecule has 0 aliphatic carbocycles. The van der Waals surface area contributed by atoms with Gasteiger partial charge in [0.1, 0.15) is 6.10 Å². The van der Waals surface area contributed by atoms with Gasteiger partial charge in [-0.2, -0.15) is 0 Å². The van der Waals surface area contributed by atoms with Gasteiger partial charge in [0.05, 0.1) is 19.3 Å². The van der Waals surface area contributed by atoms with Gasteiger partial charge in [0.2, 0.25) is 0 Å². The first-order chi connectivity index (χ1) is 6.34. The van der Waals surface area contributed by atoms with Crippen molar-refractivity contribution in [1.82, 2.24) is 0 Å². The molecule has 2 heterocycles. The van der Waals surface area contributed by atoms with Gasteiger partial charge in [-0.1, -0.05) is 24.6 Å². The Morgan fingerprint density at radius 1 is 1.54 bits per heavy atom. The van der Waals surface area contributed by atoms with Gasteiger partial charge in [-0.15, -0.1) is 0 Å². The second-order valence-electron chi connectivity index (χ2n) is 4.47. The topological polar surface area (TPSA) is 21.8 Å². The molecule has 2 unspecified atom stereocenters. The summed E-state index contributed by atoms with van der Waals surface area (Å²) in [7, 11) is -0.202. The van der Waals surface area contributed by atoms with Gasteiger partial charge >= 0.3 is 0 Å². The molecule has 0 aromatic carbocycles. The first kappa shape index (κ1) is 9.68. The Hall–Kier alpha value is 0.137. The molecule has 2 atom stereocenters. The maximum absolute atomic E-state index is 5.68. The van der Waals surface area contributed by atoms with Crippen LogP contribution in [0.4, 0.5) is 0 Å². The Morgan fingerprint density at radius 2 is 2.31 bits per heavy atom. The summed E-state index contributed by atoms with van der Waals surface area (Å²) in [5.74, 6) is 0. The minimum atomic E-state index is -0.202. The normalized spacial score (nSPS) is 29.8. The van der Waals surface area contributed by atoms with Crippen molar-refractivity contribution in [3.8, 4) is 0 Å². The van der Waals surface area contributed by atoms with Crippen molar-refractivity contribution in [3.63, 3.8) is 0 Å². The van der Waals surface area contributed by atoms with Crippen molar-refractivity contribution in [2.75, 3.05) is 13.2 Å². The third kappa shape index (κ3) is 3.41. The Labute approximate surface area is 82.2 Å². The summed E-state index contributed by atoms with van der Waals surface area (Å²) in [6.45, 7) is 3.95. The van der Waals surface area contributed by atoms with Gasteiger partial charge in [0.15, 0.2) is 0 Å². The molecular weight excluding hydrogens is 180 g/mol. The summed E-state index contributed by atoms with van der Waals surface area (Å²) >= 11 is 0. The van der Waals surface area contributed by atoms with Crippen LogP contribution < -0.4 is 0 Å². The zero-order valence-electron chi connectivity index (χ0n) is 8.50. The van der Waals surface area contributed by atoms with Crippen molar-refractivity contribution in [2.45, 2.75) is 50.1 Å². The first-order valence-electron chi connectivity index (χ1n) is 5.58. The van der Waals surface area contributed by atoms with E-state index in [0.29, 0.717) is 12.2 Å².